The molecule has 0 aromatic heterocycles. The summed E-state index contributed by atoms with van der Waals surface area (Å²) in [4.78, 5) is 0. The topological polar surface area (TPSA) is 35.2 Å². The molecule has 0 atom stereocenters. The highest BCUT2D eigenvalue weighted by atomic mass is 16.5. The molecule has 0 unspecified atom stereocenters. The fraction of sp³-hybridized carbons (Fsp3) is 0.412. The van der Waals surface area contributed by atoms with Gasteiger partial charge in [0.1, 0.15) is 5.75 Å². The molecule has 0 radical (unpaired) electrons. The van der Waals surface area contributed by atoms with Gasteiger partial charge in [0, 0.05) is 17.5 Å². The van der Waals surface area contributed by atoms with Crippen LogP contribution in [-0.2, 0) is 5.41 Å². The third-order valence-corrected chi connectivity index (χ3v) is 4.59. The Labute approximate surface area is 114 Å². The molecule has 0 saturated heterocycles. The van der Waals surface area contributed by atoms with Crippen LogP contribution in [0.1, 0.15) is 31.2 Å². The molecule has 0 aliphatic heterocycles. The van der Waals surface area contributed by atoms with Crippen molar-refractivity contribution in [3.8, 4) is 5.75 Å². The van der Waals surface area contributed by atoms with Gasteiger partial charge in [-0.05, 0) is 29.7 Å². The zero-order valence-electron chi connectivity index (χ0n) is 11.5. The third kappa shape index (κ3) is 1.91. The van der Waals surface area contributed by atoms with Crippen molar-refractivity contribution in [2.75, 3.05) is 13.7 Å². The highest BCUT2D eigenvalue weighted by Crippen LogP contribution is 2.46. The summed E-state index contributed by atoms with van der Waals surface area (Å²) in [6, 6.07) is 12.8. The lowest BCUT2D eigenvalue weighted by molar-refractivity contribution is 0.380. The maximum Gasteiger partial charge on any atom is 0.123 e. The lowest BCUT2D eigenvalue weighted by Crippen LogP contribution is -2.32. The van der Waals surface area contributed by atoms with E-state index in [1.165, 1.54) is 42.0 Å². The predicted molar refractivity (Wildman–Crippen MR) is 79.7 cm³/mol. The molecule has 2 aromatic rings. The van der Waals surface area contributed by atoms with Gasteiger partial charge in [-0.25, -0.2) is 0 Å². The van der Waals surface area contributed by atoms with Crippen molar-refractivity contribution in [1.82, 2.24) is 0 Å². The first-order chi connectivity index (χ1) is 9.30. The van der Waals surface area contributed by atoms with Crippen LogP contribution in [0.15, 0.2) is 36.4 Å². The fourth-order valence-corrected chi connectivity index (χ4v) is 3.58. The third-order valence-electron chi connectivity index (χ3n) is 4.59. The number of ether oxygens (including phenoxy) is 1. The average Bonchev–Trinajstić information content (AvgIpc) is 2.95. The van der Waals surface area contributed by atoms with E-state index < -0.39 is 0 Å². The molecule has 1 aliphatic carbocycles. The summed E-state index contributed by atoms with van der Waals surface area (Å²) in [5.74, 6) is 0.992. The molecule has 0 amide bonds. The van der Waals surface area contributed by atoms with Gasteiger partial charge in [-0.3, -0.25) is 0 Å². The van der Waals surface area contributed by atoms with E-state index in [1.54, 1.807) is 7.11 Å². The van der Waals surface area contributed by atoms with E-state index >= 15 is 0 Å². The zero-order chi connectivity index (χ0) is 13.3. The maximum absolute atomic E-state index is 6.16. The van der Waals surface area contributed by atoms with E-state index in [-0.39, 0.29) is 5.41 Å². The van der Waals surface area contributed by atoms with Crippen molar-refractivity contribution in [2.24, 2.45) is 5.73 Å². The van der Waals surface area contributed by atoms with E-state index in [1.807, 2.05) is 0 Å². The largest absolute Gasteiger partial charge is 0.496 e. The summed E-state index contributed by atoms with van der Waals surface area (Å²) in [7, 11) is 1.76. The molecular formula is C17H21NO. The van der Waals surface area contributed by atoms with Gasteiger partial charge in [0.15, 0.2) is 0 Å². The molecule has 100 valence electrons. The quantitative estimate of drug-likeness (QED) is 0.909. The summed E-state index contributed by atoms with van der Waals surface area (Å²) in [6.45, 7) is 0.706. The normalized spacial score (nSPS) is 17.8. The number of benzene rings is 2. The van der Waals surface area contributed by atoms with Crippen LogP contribution in [0.3, 0.4) is 0 Å². The summed E-state index contributed by atoms with van der Waals surface area (Å²) in [6.07, 6.45) is 4.88. The summed E-state index contributed by atoms with van der Waals surface area (Å²) >= 11 is 0. The van der Waals surface area contributed by atoms with E-state index in [2.05, 4.69) is 36.4 Å². The SMILES string of the molecule is COc1ccc2ccccc2c1C1(CN)CCCC1. The number of methoxy groups -OCH3 is 1. The van der Waals surface area contributed by atoms with Crippen LogP contribution in [-0.4, -0.2) is 13.7 Å². The Morgan fingerprint density at radius 3 is 2.53 bits per heavy atom. The lowest BCUT2D eigenvalue weighted by Gasteiger charge is -2.31. The second-order valence-corrected chi connectivity index (χ2v) is 5.56. The molecule has 0 heterocycles. The van der Waals surface area contributed by atoms with E-state index in [0.717, 1.165) is 5.75 Å². The number of nitrogens with two attached hydrogens (primary N) is 1. The van der Waals surface area contributed by atoms with Gasteiger partial charge in [0.05, 0.1) is 7.11 Å². The van der Waals surface area contributed by atoms with Crippen molar-refractivity contribution in [1.29, 1.82) is 0 Å². The second kappa shape index (κ2) is 4.86. The molecular weight excluding hydrogens is 234 g/mol. The molecule has 19 heavy (non-hydrogen) atoms. The first kappa shape index (κ1) is 12.5. The molecule has 1 saturated carbocycles. The Balaban J connectivity index is 2.30. The van der Waals surface area contributed by atoms with Gasteiger partial charge >= 0.3 is 0 Å². The minimum atomic E-state index is 0.103. The zero-order valence-corrected chi connectivity index (χ0v) is 11.5. The maximum atomic E-state index is 6.16. The fourth-order valence-electron chi connectivity index (χ4n) is 3.58. The van der Waals surface area contributed by atoms with Crippen LogP contribution in [0.25, 0.3) is 10.8 Å². The van der Waals surface area contributed by atoms with Crippen LogP contribution >= 0.6 is 0 Å². The highest BCUT2D eigenvalue weighted by molar-refractivity contribution is 5.89. The number of hydrogen-bond donors (Lipinski definition) is 1. The van der Waals surface area contributed by atoms with Gasteiger partial charge < -0.3 is 10.5 Å². The van der Waals surface area contributed by atoms with Crippen LogP contribution in [0.4, 0.5) is 0 Å². The van der Waals surface area contributed by atoms with E-state index in [9.17, 15) is 0 Å². The van der Waals surface area contributed by atoms with Gasteiger partial charge in [0.25, 0.3) is 0 Å². The number of fused-ring (bicyclic) bond motifs is 1. The Bertz CT molecular complexity index is 585. The molecule has 1 fully saturated rings. The first-order valence-electron chi connectivity index (χ1n) is 7.07. The molecule has 2 N–H and O–H groups in total. The molecule has 0 bridgehead atoms. The first-order valence-corrected chi connectivity index (χ1v) is 7.07. The smallest absolute Gasteiger partial charge is 0.123 e. The number of hydrogen-bond acceptors (Lipinski definition) is 2. The Kier molecular flexibility index (Phi) is 3.19. The van der Waals surface area contributed by atoms with Gasteiger partial charge in [-0.1, -0.05) is 43.2 Å². The Morgan fingerprint density at radius 2 is 1.84 bits per heavy atom. The molecule has 0 spiro atoms. The number of rotatable bonds is 3. The van der Waals surface area contributed by atoms with E-state index in [4.69, 9.17) is 10.5 Å². The minimum Gasteiger partial charge on any atom is -0.496 e. The molecule has 2 heteroatoms. The van der Waals surface area contributed by atoms with Crippen LogP contribution < -0.4 is 10.5 Å². The Hall–Kier alpha value is -1.54. The minimum absolute atomic E-state index is 0.103. The summed E-state index contributed by atoms with van der Waals surface area (Å²) in [5, 5.41) is 2.58. The monoisotopic (exact) mass is 255 g/mol. The van der Waals surface area contributed by atoms with E-state index in [0.29, 0.717) is 6.54 Å². The molecule has 1 aliphatic rings. The van der Waals surface area contributed by atoms with Gasteiger partial charge in [0.2, 0.25) is 0 Å². The van der Waals surface area contributed by atoms with Crippen molar-refractivity contribution < 1.29 is 4.74 Å². The second-order valence-electron chi connectivity index (χ2n) is 5.56. The van der Waals surface area contributed by atoms with Crippen molar-refractivity contribution in [3.05, 3.63) is 42.0 Å². The molecule has 3 rings (SSSR count). The average molecular weight is 255 g/mol. The van der Waals surface area contributed by atoms with Crippen LogP contribution in [0.2, 0.25) is 0 Å². The summed E-state index contributed by atoms with van der Waals surface area (Å²) in [5.41, 5.74) is 7.59. The molecule has 2 nitrogen and oxygen atoms in total. The van der Waals surface area contributed by atoms with Crippen LogP contribution in [0.5, 0.6) is 5.75 Å². The van der Waals surface area contributed by atoms with Gasteiger partial charge in [-0.2, -0.15) is 0 Å². The van der Waals surface area contributed by atoms with Gasteiger partial charge in [-0.15, -0.1) is 0 Å². The van der Waals surface area contributed by atoms with Crippen molar-refractivity contribution >= 4 is 10.8 Å². The van der Waals surface area contributed by atoms with Crippen molar-refractivity contribution in [3.63, 3.8) is 0 Å². The highest BCUT2D eigenvalue weighted by Gasteiger charge is 2.37. The lowest BCUT2D eigenvalue weighted by atomic mass is 9.76. The predicted octanol–water partition coefficient (Wildman–Crippen LogP) is 3.62. The summed E-state index contributed by atoms with van der Waals surface area (Å²) < 4.78 is 5.64. The van der Waals surface area contributed by atoms with Crippen molar-refractivity contribution in [2.45, 2.75) is 31.1 Å². The van der Waals surface area contributed by atoms with Crippen LogP contribution in [0, 0.1) is 0 Å². The Morgan fingerprint density at radius 1 is 1.11 bits per heavy atom. The molecule has 2 aromatic carbocycles. The standard InChI is InChI=1S/C17H21NO/c1-19-15-9-8-13-6-2-3-7-14(13)16(15)17(12-18)10-4-5-11-17/h2-3,6-9H,4-5,10-12,18H2,1H3.